The first-order valence-electron chi connectivity index (χ1n) is 7.14. The fraction of sp³-hybridized carbons (Fsp3) is 0.222. The molecule has 1 heterocycles. The molecule has 3 heteroatoms. The van der Waals surface area contributed by atoms with E-state index >= 15 is 0 Å². The predicted molar refractivity (Wildman–Crippen MR) is 93.1 cm³/mol. The van der Waals surface area contributed by atoms with E-state index in [2.05, 4.69) is 64.9 Å². The number of benzene rings is 2. The third kappa shape index (κ3) is 3.65. The molecule has 3 rings (SSSR count). The summed E-state index contributed by atoms with van der Waals surface area (Å²) in [7, 11) is 0. The molecule has 3 aromatic rings. The molecule has 21 heavy (non-hydrogen) atoms. The summed E-state index contributed by atoms with van der Waals surface area (Å²) in [6.07, 6.45) is 0. The van der Waals surface area contributed by atoms with Crippen LogP contribution < -0.4 is 0 Å². The molecule has 1 aromatic heterocycles. The summed E-state index contributed by atoms with van der Waals surface area (Å²) < 4.78 is 1.36. The molecule has 2 aromatic carbocycles. The zero-order valence-corrected chi connectivity index (χ0v) is 13.4. The third-order valence-corrected chi connectivity index (χ3v) is 4.79. The zero-order chi connectivity index (χ0) is 14.5. The molecular weight excluding hydrogens is 298 g/mol. The fourth-order valence-electron chi connectivity index (χ4n) is 2.57. The van der Waals surface area contributed by atoms with E-state index in [4.69, 9.17) is 11.6 Å². The Morgan fingerprint density at radius 1 is 0.905 bits per heavy atom. The highest BCUT2D eigenvalue weighted by molar-refractivity contribution is 7.17. The number of hydrogen-bond donors (Lipinski definition) is 0. The fourth-order valence-corrected chi connectivity index (χ4v) is 3.76. The maximum Gasteiger partial charge on any atom is 0.0351 e. The first kappa shape index (κ1) is 14.6. The van der Waals surface area contributed by atoms with Crippen molar-refractivity contribution in [2.75, 3.05) is 12.4 Å². The number of alkyl halides is 1. The van der Waals surface area contributed by atoms with Crippen LogP contribution in [0.1, 0.15) is 11.1 Å². The number of rotatable bonds is 6. The molecule has 0 radical (unpaired) electrons. The van der Waals surface area contributed by atoms with Crippen LogP contribution in [0.2, 0.25) is 0 Å². The Bertz CT molecular complexity index is 693. The molecule has 0 bridgehead atoms. The van der Waals surface area contributed by atoms with Gasteiger partial charge in [-0.3, -0.25) is 4.90 Å². The summed E-state index contributed by atoms with van der Waals surface area (Å²) in [4.78, 5) is 2.41. The van der Waals surface area contributed by atoms with Crippen LogP contribution in [0.25, 0.3) is 10.1 Å². The van der Waals surface area contributed by atoms with Gasteiger partial charge in [-0.05, 0) is 28.0 Å². The second-order valence-corrected chi connectivity index (χ2v) is 6.43. The summed E-state index contributed by atoms with van der Waals surface area (Å²) >= 11 is 7.80. The van der Waals surface area contributed by atoms with Crippen LogP contribution in [0.15, 0.2) is 60.0 Å². The van der Waals surface area contributed by atoms with E-state index in [9.17, 15) is 0 Å². The molecule has 0 N–H and O–H groups in total. The smallest absolute Gasteiger partial charge is 0.0351 e. The lowest BCUT2D eigenvalue weighted by Crippen LogP contribution is -2.24. The molecule has 1 nitrogen and oxygen atoms in total. The van der Waals surface area contributed by atoms with Crippen molar-refractivity contribution in [2.24, 2.45) is 0 Å². The van der Waals surface area contributed by atoms with Gasteiger partial charge in [0.25, 0.3) is 0 Å². The summed E-state index contributed by atoms with van der Waals surface area (Å²) in [6, 6.07) is 19.2. The van der Waals surface area contributed by atoms with E-state index in [1.54, 1.807) is 0 Å². The number of nitrogens with zero attached hydrogens (tertiary/aromatic N) is 1. The highest BCUT2D eigenvalue weighted by Gasteiger charge is 2.10. The van der Waals surface area contributed by atoms with Gasteiger partial charge in [0.15, 0.2) is 0 Å². The number of thiophene rings is 1. The molecule has 0 fully saturated rings. The highest BCUT2D eigenvalue weighted by atomic mass is 35.5. The molecule has 0 aliphatic rings. The molecular formula is C18H18ClNS. The van der Waals surface area contributed by atoms with Crippen molar-refractivity contribution in [3.63, 3.8) is 0 Å². The maximum atomic E-state index is 5.98. The quantitative estimate of drug-likeness (QED) is 0.569. The summed E-state index contributed by atoms with van der Waals surface area (Å²) in [5.74, 6) is 0.662. The van der Waals surface area contributed by atoms with Gasteiger partial charge in [0, 0.05) is 30.2 Å². The van der Waals surface area contributed by atoms with E-state index in [1.807, 2.05) is 11.3 Å². The van der Waals surface area contributed by atoms with Gasteiger partial charge in [-0.25, -0.2) is 0 Å². The normalized spacial score (nSPS) is 11.3. The number of hydrogen-bond acceptors (Lipinski definition) is 2. The SMILES string of the molecule is ClCCN(Cc1ccccc1)Cc1csc2ccccc12. The van der Waals surface area contributed by atoms with E-state index in [0.717, 1.165) is 19.6 Å². The van der Waals surface area contributed by atoms with Crippen LogP contribution in [0, 0.1) is 0 Å². The Hall–Kier alpha value is -1.35. The summed E-state index contributed by atoms with van der Waals surface area (Å²) in [5.41, 5.74) is 2.73. The first-order chi connectivity index (χ1) is 10.4. The molecule has 0 amide bonds. The summed E-state index contributed by atoms with van der Waals surface area (Å²) in [5, 5.41) is 3.65. The second-order valence-electron chi connectivity index (χ2n) is 5.14. The van der Waals surface area contributed by atoms with E-state index in [0.29, 0.717) is 5.88 Å². The predicted octanol–water partition coefficient (Wildman–Crippen LogP) is 5.14. The third-order valence-electron chi connectivity index (χ3n) is 3.60. The Kier molecular flexibility index (Phi) is 4.91. The van der Waals surface area contributed by atoms with E-state index in [1.165, 1.54) is 21.2 Å². The number of halogens is 1. The lowest BCUT2D eigenvalue weighted by Gasteiger charge is -2.21. The van der Waals surface area contributed by atoms with Crippen molar-refractivity contribution in [3.8, 4) is 0 Å². The monoisotopic (exact) mass is 315 g/mol. The van der Waals surface area contributed by atoms with Gasteiger partial charge in [-0.1, -0.05) is 48.5 Å². The van der Waals surface area contributed by atoms with Gasteiger partial charge >= 0.3 is 0 Å². The van der Waals surface area contributed by atoms with Gasteiger partial charge in [0.05, 0.1) is 0 Å². The Balaban J connectivity index is 1.78. The summed E-state index contributed by atoms with van der Waals surface area (Å²) in [6.45, 7) is 2.80. The molecule has 0 saturated heterocycles. The Morgan fingerprint density at radius 2 is 1.67 bits per heavy atom. The van der Waals surface area contributed by atoms with Crippen LogP contribution in [0.3, 0.4) is 0 Å². The minimum absolute atomic E-state index is 0.662. The molecule has 0 saturated carbocycles. The van der Waals surface area contributed by atoms with Gasteiger partial charge in [0.1, 0.15) is 0 Å². The zero-order valence-electron chi connectivity index (χ0n) is 11.8. The molecule has 0 atom stereocenters. The van der Waals surface area contributed by atoms with Crippen molar-refractivity contribution in [3.05, 3.63) is 71.1 Å². The van der Waals surface area contributed by atoms with Gasteiger partial charge in [-0.2, -0.15) is 0 Å². The van der Waals surface area contributed by atoms with Crippen LogP contribution in [0.4, 0.5) is 0 Å². The van der Waals surface area contributed by atoms with Gasteiger partial charge in [-0.15, -0.1) is 22.9 Å². The molecule has 108 valence electrons. The minimum atomic E-state index is 0.662. The van der Waals surface area contributed by atoms with Crippen molar-refractivity contribution in [2.45, 2.75) is 13.1 Å². The highest BCUT2D eigenvalue weighted by Crippen LogP contribution is 2.27. The molecule has 0 aliphatic heterocycles. The van der Waals surface area contributed by atoms with Crippen LogP contribution >= 0.6 is 22.9 Å². The van der Waals surface area contributed by atoms with Crippen molar-refractivity contribution >= 4 is 33.0 Å². The molecule has 0 aliphatic carbocycles. The van der Waals surface area contributed by atoms with Crippen molar-refractivity contribution < 1.29 is 0 Å². The van der Waals surface area contributed by atoms with Crippen LogP contribution in [0.5, 0.6) is 0 Å². The van der Waals surface area contributed by atoms with Crippen LogP contribution in [-0.4, -0.2) is 17.3 Å². The lowest BCUT2D eigenvalue weighted by molar-refractivity contribution is 0.274. The van der Waals surface area contributed by atoms with E-state index in [-0.39, 0.29) is 0 Å². The van der Waals surface area contributed by atoms with Gasteiger partial charge < -0.3 is 0 Å². The number of fused-ring (bicyclic) bond motifs is 1. The van der Waals surface area contributed by atoms with Crippen LogP contribution in [-0.2, 0) is 13.1 Å². The molecule has 0 spiro atoms. The molecule has 0 unspecified atom stereocenters. The average molecular weight is 316 g/mol. The van der Waals surface area contributed by atoms with E-state index < -0.39 is 0 Å². The largest absolute Gasteiger partial charge is 0.294 e. The topological polar surface area (TPSA) is 3.24 Å². The average Bonchev–Trinajstić information content (AvgIpc) is 2.92. The minimum Gasteiger partial charge on any atom is -0.294 e. The lowest BCUT2D eigenvalue weighted by atomic mass is 10.1. The Labute approximate surface area is 134 Å². The Morgan fingerprint density at radius 3 is 2.48 bits per heavy atom. The first-order valence-corrected chi connectivity index (χ1v) is 8.55. The van der Waals surface area contributed by atoms with Gasteiger partial charge in [0.2, 0.25) is 0 Å². The van der Waals surface area contributed by atoms with Crippen molar-refractivity contribution in [1.82, 2.24) is 4.90 Å². The second kappa shape index (κ2) is 7.08. The van der Waals surface area contributed by atoms with Crippen molar-refractivity contribution in [1.29, 1.82) is 0 Å². The standard InChI is InChI=1S/C18H18ClNS/c19-10-11-20(12-15-6-2-1-3-7-15)13-16-14-21-18-9-5-4-8-17(16)18/h1-9,14H,10-13H2. The maximum absolute atomic E-state index is 5.98.